The summed E-state index contributed by atoms with van der Waals surface area (Å²) in [5.74, 6) is -0.232. The highest BCUT2D eigenvalue weighted by Crippen LogP contribution is 2.22. The summed E-state index contributed by atoms with van der Waals surface area (Å²) in [4.78, 5) is 14.2. The Morgan fingerprint density at radius 2 is 2.19 bits per heavy atom. The Balaban J connectivity index is 2.00. The predicted octanol–water partition coefficient (Wildman–Crippen LogP) is 2.90. The number of carbonyl (C=O) groups is 1. The third kappa shape index (κ3) is 3.98. The van der Waals surface area contributed by atoms with E-state index in [4.69, 9.17) is 11.6 Å². The molecule has 1 aliphatic heterocycles. The molecule has 0 aromatic heterocycles. The molecule has 0 aliphatic carbocycles. The van der Waals surface area contributed by atoms with Crippen molar-refractivity contribution in [2.75, 3.05) is 12.3 Å². The number of nitrogens with zero attached hydrogens (tertiary/aromatic N) is 1. The number of amides is 1. The SMILES string of the molecule is CCC1CCCN1C(=O)CCS(=O)(=O)c1cccc(Cl)c1. The first-order valence-electron chi connectivity index (χ1n) is 7.22. The second-order valence-electron chi connectivity index (χ2n) is 5.32. The van der Waals surface area contributed by atoms with E-state index in [1.165, 1.54) is 12.1 Å². The summed E-state index contributed by atoms with van der Waals surface area (Å²) in [6.07, 6.45) is 2.98. The molecule has 1 unspecified atom stereocenters. The molecule has 4 nitrogen and oxygen atoms in total. The van der Waals surface area contributed by atoms with Crippen LogP contribution in [0, 0.1) is 0 Å². The molecule has 2 rings (SSSR count). The summed E-state index contributed by atoms with van der Waals surface area (Å²) in [6, 6.07) is 6.43. The van der Waals surface area contributed by atoms with Gasteiger partial charge in [0.2, 0.25) is 5.91 Å². The summed E-state index contributed by atoms with van der Waals surface area (Å²) in [7, 11) is -3.46. The van der Waals surface area contributed by atoms with Gasteiger partial charge in [-0.1, -0.05) is 24.6 Å². The van der Waals surface area contributed by atoms with Crippen LogP contribution in [0.5, 0.6) is 0 Å². The van der Waals surface area contributed by atoms with Crippen molar-refractivity contribution in [1.29, 1.82) is 0 Å². The Labute approximate surface area is 131 Å². The van der Waals surface area contributed by atoms with Gasteiger partial charge in [-0.25, -0.2) is 8.42 Å². The van der Waals surface area contributed by atoms with Crippen LogP contribution < -0.4 is 0 Å². The summed E-state index contributed by atoms with van der Waals surface area (Å²) in [5.41, 5.74) is 0. The fraction of sp³-hybridized carbons (Fsp3) is 0.533. The average Bonchev–Trinajstić information content (AvgIpc) is 2.93. The summed E-state index contributed by atoms with van der Waals surface area (Å²) in [6.45, 7) is 2.80. The lowest BCUT2D eigenvalue weighted by molar-refractivity contribution is -0.131. The van der Waals surface area contributed by atoms with E-state index in [1.807, 2.05) is 4.90 Å². The lowest BCUT2D eigenvalue weighted by atomic mass is 10.1. The van der Waals surface area contributed by atoms with E-state index in [0.717, 1.165) is 25.8 Å². The van der Waals surface area contributed by atoms with Crippen molar-refractivity contribution in [2.24, 2.45) is 0 Å². The van der Waals surface area contributed by atoms with Gasteiger partial charge in [-0.15, -0.1) is 0 Å². The highest BCUT2D eigenvalue weighted by atomic mass is 35.5. The predicted molar refractivity (Wildman–Crippen MR) is 83.1 cm³/mol. The molecule has 0 saturated carbocycles. The molecule has 6 heteroatoms. The Hall–Kier alpha value is -1.07. The quantitative estimate of drug-likeness (QED) is 0.834. The van der Waals surface area contributed by atoms with Crippen LogP contribution in [0.2, 0.25) is 5.02 Å². The van der Waals surface area contributed by atoms with Crippen LogP contribution >= 0.6 is 11.6 Å². The molecule has 1 heterocycles. The van der Waals surface area contributed by atoms with E-state index in [1.54, 1.807) is 12.1 Å². The minimum Gasteiger partial charge on any atom is -0.340 e. The van der Waals surface area contributed by atoms with Gasteiger partial charge in [-0.3, -0.25) is 4.79 Å². The van der Waals surface area contributed by atoms with Crippen molar-refractivity contribution in [3.63, 3.8) is 0 Å². The summed E-state index contributed by atoms with van der Waals surface area (Å²) >= 11 is 5.82. The van der Waals surface area contributed by atoms with Crippen LogP contribution in [0.25, 0.3) is 0 Å². The van der Waals surface area contributed by atoms with E-state index >= 15 is 0 Å². The number of carbonyl (C=O) groups excluding carboxylic acids is 1. The largest absolute Gasteiger partial charge is 0.340 e. The van der Waals surface area contributed by atoms with Crippen molar-refractivity contribution in [3.05, 3.63) is 29.3 Å². The molecule has 21 heavy (non-hydrogen) atoms. The third-order valence-corrected chi connectivity index (χ3v) is 5.86. The third-order valence-electron chi connectivity index (χ3n) is 3.91. The second kappa shape index (κ2) is 6.79. The van der Waals surface area contributed by atoms with Crippen LogP contribution in [0.1, 0.15) is 32.6 Å². The maximum atomic E-state index is 12.2. The minimum absolute atomic E-state index is 0.0331. The molecule has 1 aromatic carbocycles. The van der Waals surface area contributed by atoms with Gasteiger partial charge in [-0.2, -0.15) is 0 Å². The van der Waals surface area contributed by atoms with Crippen LogP contribution in [0.3, 0.4) is 0 Å². The van der Waals surface area contributed by atoms with Gasteiger partial charge in [0.15, 0.2) is 9.84 Å². The molecular formula is C15H20ClNO3S. The Morgan fingerprint density at radius 1 is 1.43 bits per heavy atom. The number of likely N-dealkylation sites (tertiary alicyclic amines) is 1. The van der Waals surface area contributed by atoms with E-state index < -0.39 is 9.84 Å². The zero-order valence-electron chi connectivity index (χ0n) is 12.1. The Kier molecular flexibility index (Phi) is 5.27. The highest BCUT2D eigenvalue weighted by Gasteiger charge is 2.28. The Bertz CT molecular complexity index is 615. The number of hydrogen-bond acceptors (Lipinski definition) is 3. The van der Waals surface area contributed by atoms with E-state index in [2.05, 4.69) is 6.92 Å². The standard InChI is InChI=1S/C15H20ClNO3S/c1-2-13-6-4-9-17(13)15(18)8-10-21(19,20)14-7-3-5-12(16)11-14/h3,5,7,11,13H,2,4,6,8-10H2,1H3. The van der Waals surface area contributed by atoms with Crippen LogP contribution in [0.15, 0.2) is 29.2 Å². The maximum Gasteiger partial charge on any atom is 0.223 e. The molecule has 1 fully saturated rings. The van der Waals surface area contributed by atoms with Gasteiger partial charge < -0.3 is 4.90 Å². The summed E-state index contributed by atoms with van der Waals surface area (Å²) < 4.78 is 24.5. The van der Waals surface area contributed by atoms with E-state index in [-0.39, 0.29) is 29.0 Å². The number of benzene rings is 1. The molecule has 0 spiro atoms. The first kappa shape index (κ1) is 16.3. The zero-order chi connectivity index (χ0) is 15.5. The van der Waals surface area contributed by atoms with Crippen molar-refractivity contribution in [2.45, 2.75) is 43.5 Å². The first-order chi connectivity index (χ1) is 9.94. The molecule has 0 bridgehead atoms. The topological polar surface area (TPSA) is 54.5 Å². The number of rotatable bonds is 5. The van der Waals surface area contributed by atoms with Crippen LogP contribution in [0.4, 0.5) is 0 Å². The molecule has 1 aliphatic rings. The van der Waals surface area contributed by atoms with Crippen molar-refractivity contribution >= 4 is 27.3 Å². The molecule has 116 valence electrons. The lowest BCUT2D eigenvalue weighted by Gasteiger charge is -2.23. The van der Waals surface area contributed by atoms with Crippen LogP contribution in [-0.4, -0.2) is 37.6 Å². The van der Waals surface area contributed by atoms with Gasteiger partial charge in [0.25, 0.3) is 0 Å². The lowest BCUT2D eigenvalue weighted by Crippen LogP contribution is -2.36. The highest BCUT2D eigenvalue weighted by molar-refractivity contribution is 7.91. The molecule has 1 saturated heterocycles. The molecular weight excluding hydrogens is 310 g/mol. The van der Waals surface area contributed by atoms with Gasteiger partial charge in [0, 0.05) is 24.0 Å². The molecule has 0 N–H and O–H groups in total. The minimum atomic E-state index is -3.46. The van der Waals surface area contributed by atoms with Gasteiger partial charge in [0.05, 0.1) is 10.6 Å². The van der Waals surface area contributed by atoms with Gasteiger partial charge in [-0.05, 0) is 37.5 Å². The fourth-order valence-corrected chi connectivity index (χ4v) is 4.26. The number of halogens is 1. The molecule has 0 radical (unpaired) electrons. The number of hydrogen-bond donors (Lipinski definition) is 0. The van der Waals surface area contributed by atoms with Gasteiger partial charge in [0.1, 0.15) is 0 Å². The normalized spacial score (nSPS) is 19.0. The molecule has 1 atom stereocenters. The average molecular weight is 330 g/mol. The number of sulfone groups is 1. The zero-order valence-corrected chi connectivity index (χ0v) is 13.7. The van der Waals surface area contributed by atoms with Crippen molar-refractivity contribution in [1.82, 2.24) is 4.90 Å². The van der Waals surface area contributed by atoms with Gasteiger partial charge >= 0.3 is 0 Å². The fourth-order valence-electron chi connectivity index (χ4n) is 2.73. The van der Waals surface area contributed by atoms with E-state index in [9.17, 15) is 13.2 Å². The second-order valence-corrected chi connectivity index (χ2v) is 7.86. The van der Waals surface area contributed by atoms with E-state index in [0.29, 0.717) is 5.02 Å². The van der Waals surface area contributed by atoms with Crippen molar-refractivity contribution < 1.29 is 13.2 Å². The monoisotopic (exact) mass is 329 g/mol. The first-order valence-corrected chi connectivity index (χ1v) is 9.25. The summed E-state index contributed by atoms with van der Waals surface area (Å²) in [5, 5.41) is 0.382. The smallest absolute Gasteiger partial charge is 0.223 e. The molecule has 1 amide bonds. The van der Waals surface area contributed by atoms with Crippen LogP contribution in [-0.2, 0) is 14.6 Å². The molecule has 1 aromatic rings. The maximum absolute atomic E-state index is 12.2. The Morgan fingerprint density at radius 3 is 2.86 bits per heavy atom. The van der Waals surface area contributed by atoms with Crippen molar-refractivity contribution in [3.8, 4) is 0 Å².